The van der Waals surface area contributed by atoms with Gasteiger partial charge in [-0.25, -0.2) is 4.98 Å². The number of aromatic nitrogens is 3. The van der Waals surface area contributed by atoms with E-state index in [2.05, 4.69) is 21.3 Å². The lowest BCUT2D eigenvalue weighted by atomic mass is 10.3. The fourth-order valence-electron chi connectivity index (χ4n) is 1.03. The highest BCUT2D eigenvalue weighted by Gasteiger charge is 2.10. The van der Waals surface area contributed by atoms with Gasteiger partial charge in [0.15, 0.2) is 8.68 Å². The third-order valence-electron chi connectivity index (χ3n) is 1.74. The second-order valence-electron chi connectivity index (χ2n) is 2.87. The van der Waals surface area contributed by atoms with E-state index in [1.165, 1.54) is 41.1 Å². The summed E-state index contributed by atoms with van der Waals surface area (Å²) in [5, 5.41) is 17.6. The van der Waals surface area contributed by atoms with Gasteiger partial charge in [0.1, 0.15) is 11.1 Å². The first-order valence-electron chi connectivity index (χ1n) is 4.44. The van der Waals surface area contributed by atoms with E-state index < -0.39 is 0 Å². The second kappa shape index (κ2) is 5.35. The molecule has 17 heavy (non-hydrogen) atoms. The van der Waals surface area contributed by atoms with E-state index in [-0.39, 0.29) is 0 Å². The molecule has 0 atom stereocenters. The Kier molecular flexibility index (Phi) is 3.83. The van der Waals surface area contributed by atoms with Gasteiger partial charge in [0, 0.05) is 0 Å². The summed E-state index contributed by atoms with van der Waals surface area (Å²) >= 11 is 4.34. The molecule has 0 aliphatic rings. The summed E-state index contributed by atoms with van der Waals surface area (Å²) in [4.78, 5) is 4.13. The minimum absolute atomic E-state index is 0.455. The van der Waals surface area contributed by atoms with Gasteiger partial charge in [0.2, 0.25) is 0 Å². The van der Waals surface area contributed by atoms with Gasteiger partial charge in [0.25, 0.3) is 0 Å². The number of hydrogen-bond donors (Lipinski definition) is 1. The van der Waals surface area contributed by atoms with Gasteiger partial charge in [-0.05, 0) is 24.1 Å². The number of pyridine rings is 1. The molecule has 0 fully saturated rings. The summed E-state index contributed by atoms with van der Waals surface area (Å²) in [6, 6.07) is 3.67. The summed E-state index contributed by atoms with van der Waals surface area (Å²) < 4.78 is 1.66. The van der Waals surface area contributed by atoms with Crippen molar-refractivity contribution in [1.82, 2.24) is 15.2 Å². The molecule has 5 nitrogen and oxygen atoms in total. The molecule has 0 aliphatic heterocycles. The molecule has 0 saturated heterocycles. The normalized spacial score (nSPS) is 10.1. The quantitative estimate of drug-likeness (QED) is 0.863. The SMILES string of the molecule is CSc1nnc(Sc2ncc(N)cc2C#N)s1. The highest BCUT2D eigenvalue weighted by atomic mass is 32.2. The third kappa shape index (κ3) is 2.88. The van der Waals surface area contributed by atoms with Crippen LogP contribution in [0.15, 0.2) is 26.0 Å². The fourth-order valence-corrected chi connectivity index (χ4v) is 3.40. The summed E-state index contributed by atoms with van der Waals surface area (Å²) in [5.74, 6) is 0. The number of nitrogens with two attached hydrogens (primary N) is 1. The molecule has 2 aromatic rings. The molecule has 0 aromatic carbocycles. The minimum Gasteiger partial charge on any atom is -0.397 e. The van der Waals surface area contributed by atoms with Crippen LogP contribution in [0.5, 0.6) is 0 Å². The third-order valence-corrected chi connectivity index (χ3v) is 4.71. The van der Waals surface area contributed by atoms with E-state index in [1.807, 2.05) is 6.26 Å². The Hall–Kier alpha value is -1.30. The van der Waals surface area contributed by atoms with E-state index in [9.17, 15) is 0 Å². The molecular weight excluding hydrogens is 274 g/mol. The zero-order chi connectivity index (χ0) is 12.3. The van der Waals surface area contributed by atoms with E-state index in [0.29, 0.717) is 16.3 Å². The number of nitriles is 1. The zero-order valence-electron chi connectivity index (χ0n) is 8.75. The summed E-state index contributed by atoms with van der Waals surface area (Å²) in [6.07, 6.45) is 3.47. The molecule has 2 aromatic heterocycles. The first-order chi connectivity index (χ1) is 8.22. The van der Waals surface area contributed by atoms with Crippen molar-refractivity contribution < 1.29 is 0 Å². The minimum atomic E-state index is 0.455. The summed E-state index contributed by atoms with van der Waals surface area (Å²) in [7, 11) is 0. The summed E-state index contributed by atoms with van der Waals surface area (Å²) in [5.41, 5.74) is 6.50. The smallest absolute Gasteiger partial charge is 0.181 e. The lowest BCUT2D eigenvalue weighted by Crippen LogP contribution is -1.91. The van der Waals surface area contributed by atoms with Crippen molar-refractivity contribution >= 4 is 40.5 Å². The van der Waals surface area contributed by atoms with E-state index >= 15 is 0 Å². The highest BCUT2D eigenvalue weighted by Crippen LogP contribution is 2.33. The topological polar surface area (TPSA) is 88.5 Å². The largest absolute Gasteiger partial charge is 0.397 e. The van der Waals surface area contributed by atoms with Gasteiger partial charge in [-0.2, -0.15) is 5.26 Å². The maximum absolute atomic E-state index is 8.98. The molecule has 0 spiro atoms. The van der Waals surface area contributed by atoms with Crippen LogP contribution in [-0.4, -0.2) is 21.4 Å². The molecule has 2 N–H and O–H groups in total. The van der Waals surface area contributed by atoms with E-state index in [4.69, 9.17) is 11.0 Å². The number of anilines is 1. The van der Waals surface area contributed by atoms with Crippen LogP contribution in [0.25, 0.3) is 0 Å². The maximum atomic E-state index is 8.98. The monoisotopic (exact) mass is 281 g/mol. The van der Waals surface area contributed by atoms with Gasteiger partial charge in [0.05, 0.1) is 17.4 Å². The van der Waals surface area contributed by atoms with Crippen LogP contribution < -0.4 is 5.73 Å². The van der Waals surface area contributed by atoms with Crippen LogP contribution in [0, 0.1) is 11.3 Å². The predicted octanol–water partition coefficient (Wildman–Crippen LogP) is 2.26. The van der Waals surface area contributed by atoms with Crippen LogP contribution in [0.1, 0.15) is 5.56 Å². The van der Waals surface area contributed by atoms with Crippen molar-refractivity contribution in [3.8, 4) is 6.07 Å². The van der Waals surface area contributed by atoms with Crippen LogP contribution >= 0.6 is 34.9 Å². The Morgan fingerprint density at radius 3 is 2.82 bits per heavy atom. The first kappa shape index (κ1) is 12.2. The average molecular weight is 281 g/mol. The van der Waals surface area contributed by atoms with Crippen LogP contribution in [-0.2, 0) is 0 Å². The first-order valence-corrected chi connectivity index (χ1v) is 7.29. The predicted molar refractivity (Wildman–Crippen MR) is 69.2 cm³/mol. The van der Waals surface area contributed by atoms with E-state index in [0.717, 1.165) is 8.68 Å². The molecule has 86 valence electrons. The standard InChI is InChI=1S/C9H7N5S3/c1-15-8-13-14-9(17-8)16-7-5(3-10)2-6(11)4-12-7/h2,4H,11H2,1H3. The van der Waals surface area contributed by atoms with Crippen molar-refractivity contribution in [3.63, 3.8) is 0 Å². The number of nitrogens with zero attached hydrogens (tertiary/aromatic N) is 4. The van der Waals surface area contributed by atoms with Crippen molar-refractivity contribution in [3.05, 3.63) is 17.8 Å². The zero-order valence-corrected chi connectivity index (χ0v) is 11.2. The molecule has 0 bridgehead atoms. The lowest BCUT2D eigenvalue weighted by Gasteiger charge is -2.00. The molecule has 0 saturated carbocycles. The maximum Gasteiger partial charge on any atom is 0.181 e. The van der Waals surface area contributed by atoms with Crippen LogP contribution in [0.2, 0.25) is 0 Å². The Labute approximate surface area is 110 Å². The number of nitrogen functional groups attached to an aromatic ring is 1. The molecule has 8 heteroatoms. The fraction of sp³-hybridized carbons (Fsp3) is 0.111. The Morgan fingerprint density at radius 1 is 1.41 bits per heavy atom. The Balaban J connectivity index is 2.27. The van der Waals surface area contributed by atoms with Crippen molar-refractivity contribution in [2.45, 2.75) is 13.7 Å². The Bertz CT molecular complexity index is 574. The average Bonchev–Trinajstić information content (AvgIpc) is 2.79. The van der Waals surface area contributed by atoms with Gasteiger partial charge < -0.3 is 5.73 Å². The Morgan fingerprint density at radius 2 is 2.18 bits per heavy atom. The van der Waals surface area contributed by atoms with Gasteiger partial charge in [-0.15, -0.1) is 10.2 Å². The van der Waals surface area contributed by atoms with Crippen molar-refractivity contribution in [2.75, 3.05) is 12.0 Å². The number of thioether (sulfide) groups is 1. The van der Waals surface area contributed by atoms with Crippen molar-refractivity contribution in [2.24, 2.45) is 0 Å². The molecule has 0 radical (unpaired) electrons. The highest BCUT2D eigenvalue weighted by molar-refractivity contribution is 8.03. The molecule has 0 unspecified atom stereocenters. The molecule has 2 rings (SSSR count). The molecule has 2 heterocycles. The number of hydrogen-bond acceptors (Lipinski definition) is 8. The second-order valence-corrected chi connectivity index (χ2v) is 6.14. The molecule has 0 aliphatic carbocycles. The lowest BCUT2D eigenvalue weighted by molar-refractivity contribution is 0.953. The molecule has 0 amide bonds. The van der Waals surface area contributed by atoms with Crippen molar-refractivity contribution in [1.29, 1.82) is 5.26 Å². The van der Waals surface area contributed by atoms with Crippen LogP contribution in [0.4, 0.5) is 5.69 Å². The van der Waals surface area contributed by atoms with Gasteiger partial charge >= 0.3 is 0 Å². The number of rotatable bonds is 3. The van der Waals surface area contributed by atoms with E-state index in [1.54, 1.807) is 6.07 Å². The van der Waals surface area contributed by atoms with Crippen LogP contribution in [0.3, 0.4) is 0 Å². The van der Waals surface area contributed by atoms with Gasteiger partial charge in [-0.3, -0.25) is 0 Å². The molecular formula is C9H7N5S3. The summed E-state index contributed by atoms with van der Waals surface area (Å²) in [6.45, 7) is 0. The van der Waals surface area contributed by atoms with Gasteiger partial charge in [-0.1, -0.05) is 23.1 Å².